The third kappa shape index (κ3) is 3.64. The minimum Gasteiger partial charge on any atom is -0.438 e. The fraction of sp³-hybridized carbons (Fsp3) is 0.450. The van der Waals surface area contributed by atoms with Crippen LogP contribution in [0.4, 0.5) is 4.39 Å². The number of piperazine rings is 1. The lowest BCUT2D eigenvalue weighted by Crippen LogP contribution is -2.59. The molecule has 8 heteroatoms. The van der Waals surface area contributed by atoms with Crippen molar-refractivity contribution in [2.75, 3.05) is 32.7 Å². The highest BCUT2D eigenvalue weighted by Crippen LogP contribution is 2.21. The van der Waals surface area contributed by atoms with Crippen LogP contribution in [0.2, 0.25) is 0 Å². The van der Waals surface area contributed by atoms with Crippen LogP contribution in [-0.4, -0.2) is 70.3 Å². The summed E-state index contributed by atoms with van der Waals surface area (Å²) in [4.78, 5) is 35.6. The number of aromatic nitrogens is 1. The summed E-state index contributed by atoms with van der Waals surface area (Å²) < 4.78 is 18.4. The summed E-state index contributed by atoms with van der Waals surface area (Å²) in [5, 5.41) is 0. The molecule has 3 heterocycles. The fourth-order valence-electron chi connectivity index (χ4n) is 3.91. The predicted octanol–water partition coefficient (Wildman–Crippen LogP) is 1.68. The summed E-state index contributed by atoms with van der Waals surface area (Å²) in [6.07, 6.45) is 2.07. The van der Waals surface area contributed by atoms with Crippen LogP contribution >= 0.6 is 0 Å². The van der Waals surface area contributed by atoms with Crippen molar-refractivity contribution in [3.8, 4) is 0 Å². The molecule has 0 N–H and O–H groups in total. The Morgan fingerprint density at radius 2 is 2.00 bits per heavy atom. The zero-order valence-corrected chi connectivity index (χ0v) is 15.8. The molecule has 2 aliphatic rings. The number of aryl methyl sites for hydroxylation is 1. The highest BCUT2D eigenvalue weighted by Gasteiger charge is 2.39. The van der Waals surface area contributed by atoms with Crippen LogP contribution in [0.25, 0.3) is 0 Å². The lowest BCUT2D eigenvalue weighted by molar-refractivity contribution is -0.142. The minimum absolute atomic E-state index is 0.00423. The number of fused-ring (bicyclic) bond motifs is 1. The topological polar surface area (TPSA) is 69.9 Å². The van der Waals surface area contributed by atoms with Gasteiger partial charge in [0.2, 0.25) is 11.7 Å². The van der Waals surface area contributed by atoms with Gasteiger partial charge in [0, 0.05) is 39.3 Å². The Balaban J connectivity index is 1.49. The molecule has 0 spiro atoms. The highest BCUT2D eigenvalue weighted by molar-refractivity contribution is 5.93. The summed E-state index contributed by atoms with van der Waals surface area (Å²) in [6, 6.07) is 5.84. The van der Waals surface area contributed by atoms with Crippen LogP contribution in [0, 0.1) is 12.7 Å². The average molecular weight is 386 g/mol. The van der Waals surface area contributed by atoms with E-state index in [0.29, 0.717) is 31.9 Å². The van der Waals surface area contributed by atoms with Gasteiger partial charge in [0.15, 0.2) is 6.39 Å². The molecule has 0 aliphatic carbocycles. The van der Waals surface area contributed by atoms with Crippen LogP contribution < -0.4 is 0 Å². The van der Waals surface area contributed by atoms with Gasteiger partial charge in [0.05, 0.1) is 5.69 Å². The smallest absolute Gasteiger partial charge is 0.291 e. The maximum atomic E-state index is 13.1. The van der Waals surface area contributed by atoms with Crippen molar-refractivity contribution >= 4 is 11.8 Å². The molecule has 2 amide bonds. The van der Waals surface area contributed by atoms with E-state index in [0.717, 1.165) is 25.1 Å². The normalized spacial score (nSPS) is 20.8. The van der Waals surface area contributed by atoms with E-state index in [9.17, 15) is 14.0 Å². The monoisotopic (exact) mass is 386 g/mol. The second kappa shape index (κ2) is 7.71. The van der Waals surface area contributed by atoms with E-state index in [1.807, 2.05) is 0 Å². The Morgan fingerprint density at radius 1 is 1.21 bits per heavy atom. The van der Waals surface area contributed by atoms with Crippen LogP contribution in [0.5, 0.6) is 0 Å². The fourth-order valence-corrected chi connectivity index (χ4v) is 3.91. The molecule has 4 rings (SSSR count). The SMILES string of the molecule is Cc1ncoc1C(=O)N1CCCN2CCN(Cc3ccc(F)cc3)C(=O)C2C1. The number of carbonyl (C=O) groups excluding carboxylic acids is 2. The maximum absolute atomic E-state index is 13.1. The standard InChI is InChI=1S/C20H23FN4O3/c1-14-18(28-13-22-14)20(27)24-8-2-7-23-9-10-25(19(26)17(23)12-24)11-15-3-5-16(21)6-4-15/h3-6,13,17H,2,7-12H2,1H3. The van der Waals surface area contributed by atoms with Crippen molar-refractivity contribution in [2.24, 2.45) is 0 Å². The molecule has 2 aromatic rings. The van der Waals surface area contributed by atoms with Crippen LogP contribution in [0.1, 0.15) is 28.2 Å². The van der Waals surface area contributed by atoms with Crippen molar-refractivity contribution in [2.45, 2.75) is 25.9 Å². The second-order valence-corrected chi connectivity index (χ2v) is 7.31. The van der Waals surface area contributed by atoms with Crippen molar-refractivity contribution in [3.63, 3.8) is 0 Å². The van der Waals surface area contributed by atoms with Gasteiger partial charge in [-0.2, -0.15) is 0 Å². The Kier molecular flexibility index (Phi) is 5.13. The van der Waals surface area contributed by atoms with Gasteiger partial charge in [-0.05, 0) is 31.0 Å². The third-order valence-electron chi connectivity index (χ3n) is 5.47. The molecule has 148 valence electrons. The van der Waals surface area contributed by atoms with E-state index in [1.54, 1.807) is 28.9 Å². The van der Waals surface area contributed by atoms with Gasteiger partial charge < -0.3 is 14.2 Å². The predicted molar refractivity (Wildman–Crippen MR) is 98.9 cm³/mol. The molecule has 0 radical (unpaired) electrons. The summed E-state index contributed by atoms with van der Waals surface area (Å²) >= 11 is 0. The number of rotatable bonds is 3. The van der Waals surface area contributed by atoms with Gasteiger partial charge in [-0.1, -0.05) is 12.1 Å². The lowest BCUT2D eigenvalue weighted by Gasteiger charge is -2.40. The number of nitrogens with zero attached hydrogens (tertiary/aromatic N) is 4. The number of amides is 2. The number of benzene rings is 1. The molecular formula is C20H23FN4O3. The van der Waals surface area contributed by atoms with Gasteiger partial charge in [0.1, 0.15) is 11.9 Å². The zero-order chi connectivity index (χ0) is 19.7. The first-order valence-corrected chi connectivity index (χ1v) is 9.49. The molecule has 1 aromatic heterocycles. The quantitative estimate of drug-likeness (QED) is 0.803. The molecule has 28 heavy (non-hydrogen) atoms. The average Bonchev–Trinajstić information content (AvgIpc) is 2.99. The minimum atomic E-state index is -0.371. The highest BCUT2D eigenvalue weighted by atomic mass is 19.1. The van der Waals surface area contributed by atoms with E-state index in [2.05, 4.69) is 9.88 Å². The number of hydrogen-bond acceptors (Lipinski definition) is 5. The number of carbonyl (C=O) groups is 2. The summed E-state index contributed by atoms with van der Waals surface area (Å²) in [5.74, 6) is -0.273. The molecule has 0 saturated carbocycles. The summed E-state index contributed by atoms with van der Waals surface area (Å²) in [7, 11) is 0. The van der Waals surface area contributed by atoms with Crippen molar-refractivity contribution in [1.29, 1.82) is 0 Å². The van der Waals surface area contributed by atoms with Crippen molar-refractivity contribution in [1.82, 2.24) is 19.7 Å². The number of oxazole rings is 1. The Morgan fingerprint density at radius 3 is 2.71 bits per heavy atom. The largest absolute Gasteiger partial charge is 0.438 e. The van der Waals surface area contributed by atoms with E-state index in [1.165, 1.54) is 18.5 Å². The summed E-state index contributed by atoms with van der Waals surface area (Å²) in [6.45, 7) is 5.26. The molecule has 2 fully saturated rings. The van der Waals surface area contributed by atoms with Gasteiger partial charge in [-0.15, -0.1) is 0 Å². The Hall–Kier alpha value is -2.74. The molecule has 2 saturated heterocycles. The van der Waals surface area contributed by atoms with Crippen LogP contribution in [0.3, 0.4) is 0 Å². The molecule has 1 atom stereocenters. The van der Waals surface area contributed by atoms with Gasteiger partial charge in [-0.3, -0.25) is 14.5 Å². The van der Waals surface area contributed by atoms with Crippen molar-refractivity contribution < 1.29 is 18.4 Å². The lowest BCUT2D eigenvalue weighted by atomic mass is 10.1. The Labute approximate surface area is 162 Å². The first-order chi connectivity index (χ1) is 13.5. The molecule has 0 bridgehead atoms. The first-order valence-electron chi connectivity index (χ1n) is 9.49. The number of hydrogen-bond donors (Lipinski definition) is 0. The molecular weight excluding hydrogens is 363 g/mol. The number of halogens is 1. The van der Waals surface area contributed by atoms with Crippen molar-refractivity contribution in [3.05, 3.63) is 53.5 Å². The maximum Gasteiger partial charge on any atom is 0.291 e. The van der Waals surface area contributed by atoms with E-state index in [-0.39, 0.29) is 29.4 Å². The third-order valence-corrected chi connectivity index (χ3v) is 5.47. The van der Waals surface area contributed by atoms with Gasteiger partial charge in [0.25, 0.3) is 5.91 Å². The first kappa shape index (κ1) is 18.6. The van der Waals surface area contributed by atoms with Crippen LogP contribution in [-0.2, 0) is 11.3 Å². The molecule has 7 nitrogen and oxygen atoms in total. The van der Waals surface area contributed by atoms with E-state index in [4.69, 9.17) is 4.42 Å². The van der Waals surface area contributed by atoms with E-state index < -0.39 is 0 Å². The molecule has 2 aliphatic heterocycles. The van der Waals surface area contributed by atoms with Gasteiger partial charge >= 0.3 is 0 Å². The van der Waals surface area contributed by atoms with E-state index >= 15 is 0 Å². The molecule has 1 unspecified atom stereocenters. The zero-order valence-electron chi connectivity index (χ0n) is 15.8. The molecule has 1 aromatic carbocycles. The summed E-state index contributed by atoms with van der Waals surface area (Å²) in [5.41, 5.74) is 1.45. The van der Waals surface area contributed by atoms with Gasteiger partial charge in [-0.25, -0.2) is 9.37 Å². The van der Waals surface area contributed by atoms with Crippen LogP contribution in [0.15, 0.2) is 35.1 Å². The second-order valence-electron chi connectivity index (χ2n) is 7.31. The Bertz CT molecular complexity index is 867.